The van der Waals surface area contributed by atoms with Gasteiger partial charge < -0.3 is 29.5 Å². The Morgan fingerprint density at radius 3 is 1.14 bits per heavy atom. The first-order chi connectivity index (χ1) is 40.4. The van der Waals surface area contributed by atoms with Crippen LogP contribution < -0.4 is 8.61 Å². The van der Waals surface area contributed by atoms with Crippen LogP contribution in [0.4, 0.5) is 20.2 Å². The fraction of sp³-hybridized carbons (Fsp3) is 0.387. The molecular weight excluding hydrogens is 1200 g/mol. The van der Waals surface area contributed by atoms with E-state index in [2.05, 4.69) is 0 Å². The van der Waals surface area contributed by atoms with Crippen LogP contribution in [0.25, 0.3) is 0 Å². The summed E-state index contributed by atoms with van der Waals surface area (Å²) in [6.45, 7) is -1.37. The number of rotatable bonds is 20. The number of sulfonamides is 2. The second-order valence-corrected chi connectivity index (χ2v) is 28.3. The highest BCUT2D eigenvalue weighted by Crippen LogP contribution is 2.51. The third kappa shape index (κ3) is 12.9. The zero-order valence-electron chi connectivity index (χ0n) is 45.3. The third-order valence-corrected chi connectivity index (χ3v) is 22.0. The third-order valence-electron chi connectivity index (χ3n) is 16.5. The van der Waals surface area contributed by atoms with Gasteiger partial charge in [0, 0.05) is 20.1 Å². The van der Waals surface area contributed by atoms with Crippen LogP contribution in [0.1, 0.15) is 97.9 Å². The summed E-state index contributed by atoms with van der Waals surface area (Å²) >= 11 is 25.2. The number of ether oxygens (including phenoxy) is 2. The standard InChI is InChI=1S/2C31H31Cl2FN2O5S/c2*32-22-12-10-20(11-13-22)29-30(21-4-3-5-23(33)16-21)41-28(18-37)31(38)36(29)27(19-8-9-19)17-35(42(39,40)24-14-15-24)26-7-2-1-6-25(26)34/h2*1-7,10-13,16,19,24,27-30,37H,8-9,14-15,17-18H2/t27-,28?,29-,30-;27-,28+,29-,30-/m11/s1. The van der Waals surface area contributed by atoms with Gasteiger partial charge in [0.25, 0.3) is 11.8 Å². The lowest BCUT2D eigenvalue weighted by Gasteiger charge is -2.49. The largest absolute Gasteiger partial charge is 0.393 e. The average molecular weight is 1270 g/mol. The first kappa shape index (κ1) is 60.3. The van der Waals surface area contributed by atoms with Gasteiger partial charge in [-0.2, -0.15) is 0 Å². The lowest BCUT2D eigenvalue weighted by molar-refractivity contribution is -0.184. The summed E-state index contributed by atoms with van der Waals surface area (Å²) in [5.41, 5.74) is 2.77. The number of morpholine rings is 2. The van der Waals surface area contributed by atoms with Crippen LogP contribution in [-0.4, -0.2) is 110 Å². The van der Waals surface area contributed by atoms with Crippen LogP contribution in [0.2, 0.25) is 20.1 Å². The molecule has 0 radical (unpaired) electrons. The van der Waals surface area contributed by atoms with Crippen molar-refractivity contribution in [3.63, 3.8) is 0 Å². The molecule has 2 saturated heterocycles. The first-order valence-corrected chi connectivity index (χ1v) is 32.6. The highest BCUT2D eigenvalue weighted by molar-refractivity contribution is 7.94. The highest BCUT2D eigenvalue weighted by Gasteiger charge is 2.54. The molecular formula is C62H62Cl4F2N4O10S2. The van der Waals surface area contributed by atoms with Crippen molar-refractivity contribution in [2.24, 2.45) is 11.8 Å². The monoisotopic (exact) mass is 1260 g/mol. The number of amides is 2. The zero-order chi connectivity index (χ0) is 59.2. The molecule has 14 nitrogen and oxygen atoms in total. The van der Waals surface area contributed by atoms with Crippen LogP contribution in [0, 0.1) is 23.5 Å². The predicted molar refractivity (Wildman–Crippen MR) is 319 cm³/mol. The molecule has 0 bridgehead atoms. The number of halogens is 6. The Morgan fingerprint density at radius 2 is 0.833 bits per heavy atom. The van der Waals surface area contributed by atoms with E-state index in [0.717, 1.165) is 45.4 Å². The summed E-state index contributed by atoms with van der Waals surface area (Å²) in [7, 11) is -7.80. The molecule has 2 heterocycles. The maximum atomic E-state index is 15.2. The highest BCUT2D eigenvalue weighted by atomic mass is 35.5. The topological polar surface area (TPSA) is 174 Å². The first-order valence-electron chi connectivity index (χ1n) is 28.1. The fourth-order valence-electron chi connectivity index (χ4n) is 11.7. The molecule has 22 heteroatoms. The van der Waals surface area contributed by atoms with E-state index in [1.807, 2.05) is 36.4 Å². The van der Waals surface area contributed by atoms with Crippen molar-refractivity contribution in [3.8, 4) is 0 Å². The van der Waals surface area contributed by atoms with Gasteiger partial charge in [-0.1, -0.05) is 119 Å². The number of hydrogen-bond donors (Lipinski definition) is 2. The van der Waals surface area contributed by atoms with E-state index in [0.29, 0.717) is 56.9 Å². The lowest BCUT2D eigenvalue weighted by Crippen LogP contribution is -2.59. The second-order valence-electron chi connectivity index (χ2n) is 22.3. The molecule has 6 aromatic carbocycles. The average Bonchev–Trinajstić information content (AvgIpc) is 1.67. The number of aliphatic hydroxyl groups is 2. The fourth-order valence-corrected chi connectivity index (χ4v) is 16.1. The smallest absolute Gasteiger partial charge is 0.255 e. The quantitative estimate of drug-likeness (QED) is 0.0749. The summed E-state index contributed by atoms with van der Waals surface area (Å²) < 4.78 is 100. The minimum Gasteiger partial charge on any atom is -0.393 e. The van der Waals surface area contributed by atoms with Crippen molar-refractivity contribution in [2.45, 2.75) is 110 Å². The summed E-state index contributed by atoms with van der Waals surface area (Å²) in [6, 6.07) is 37.4. The summed E-state index contributed by atoms with van der Waals surface area (Å²) in [5.74, 6) is -2.25. The molecule has 6 fully saturated rings. The minimum atomic E-state index is -3.90. The number of anilines is 2. The van der Waals surface area contributed by atoms with E-state index in [1.54, 1.807) is 82.6 Å². The molecule has 4 aliphatic carbocycles. The SMILES string of the molecule is O=C1C(CO)O[C@H](c2cccc(Cl)c2)[C@@H](c2ccc(Cl)cc2)N1[C@H](CN(c1ccccc1F)S(=O)(=O)C1CC1)C1CC1.O=C1[C@H](CO)O[C@H](c2cccc(Cl)c2)[C@@H](c2ccc(Cl)cc2)N1[C@H](CN(c1ccccc1F)S(=O)(=O)C1CC1)C1CC1. The Kier molecular flexibility index (Phi) is 18.1. The Hall–Kier alpha value is -5.38. The van der Waals surface area contributed by atoms with E-state index < -0.39 is 116 Å². The number of aliphatic hydroxyl groups excluding tert-OH is 2. The van der Waals surface area contributed by atoms with Gasteiger partial charge in [-0.05, 0) is 158 Å². The van der Waals surface area contributed by atoms with Gasteiger partial charge in [0.2, 0.25) is 20.0 Å². The van der Waals surface area contributed by atoms with Crippen LogP contribution in [0.5, 0.6) is 0 Å². The van der Waals surface area contributed by atoms with Gasteiger partial charge in [-0.25, -0.2) is 25.6 Å². The van der Waals surface area contributed by atoms with Gasteiger partial charge in [0.1, 0.15) is 23.8 Å². The van der Waals surface area contributed by atoms with E-state index in [-0.39, 0.29) is 36.3 Å². The molecule has 4 saturated carbocycles. The van der Waals surface area contributed by atoms with Crippen LogP contribution in [-0.2, 0) is 39.1 Å². The van der Waals surface area contributed by atoms with Crippen LogP contribution >= 0.6 is 46.4 Å². The van der Waals surface area contributed by atoms with Crippen LogP contribution in [0.15, 0.2) is 146 Å². The number of benzene rings is 6. The molecule has 0 aromatic heterocycles. The Labute approximate surface area is 507 Å². The molecule has 6 aromatic rings. The number of carbonyl (C=O) groups excluding carboxylic acids is 2. The molecule has 8 atom stereocenters. The Balaban J connectivity index is 0.000000175. The molecule has 2 amide bonds. The van der Waals surface area contributed by atoms with Crippen LogP contribution in [0.3, 0.4) is 0 Å². The molecule has 2 aliphatic heterocycles. The maximum Gasteiger partial charge on any atom is 0.255 e. The van der Waals surface area contributed by atoms with Crippen molar-refractivity contribution >= 4 is 89.6 Å². The molecule has 84 heavy (non-hydrogen) atoms. The Morgan fingerprint density at radius 1 is 0.476 bits per heavy atom. The summed E-state index contributed by atoms with van der Waals surface area (Å²) in [6.07, 6.45) is 1.33. The molecule has 12 rings (SSSR count). The van der Waals surface area contributed by atoms with Crippen molar-refractivity contribution in [1.29, 1.82) is 0 Å². The van der Waals surface area contributed by atoms with E-state index in [4.69, 9.17) is 55.9 Å². The normalized spacial score (nSPS) is 23.6. The maximum absolute atomic E-state index is 15.2. The molecule has 6 aliphatic rings. The number of para-hydroxylation sites is 2. The lowest BCUT2D eigenvalue weighted by atomic mass is 9.89. The number of nitrogens with zero attached hydrogens (tertiary/aromatic N) is 4. The van der Waals surface area contributed by atoms with Gasteiger partial charge in [-0.3, -0.25) is 18.2 Å². The van der Waals surface area contributed by atoms with E-state index in [1.165, 1.54) is 36.4 Å². The summed E-state index contributed by atoms with van der Waals surface area (Å²) in [5, 5.41) is 21.3. The summed E-state index contributed by atoms with van der Waals surface area (Å²) in [4.78, 5) is 31.7. The second kappa shape index (κ2) is 25.1. The van der Waals surface area contributed by atoms with Gasteiger partial charge in [0.05, 0.1) is 72.3 Å². The number of hydrogen-bond acceptors (Lipinski definition) is 10. The zero-order valence-corrected chi connectivity index (χ0v) is 50.0. The molecule has 2 N–H and O–H groups in total. The van der Waals surface area contributed by atoms with Crippen molar-refractivity contribution in [1.82, 2.24) is 9.80 Å². The molecule has 0 spiro atoms. The molecule has 1 unspecified atom stereocenters. The van der Waals surface area contributed by atoms with E-state index in [9.17, 15) is 36.6 Å². The van der Waals surface area contributed by atoms with Crippen molar-refractivity contribution in [3.05, 3.63) is 200 Å². The van der Waals surface area contributed by atoms with Crippen molar-refractivity contribution in [2.75, 3.05) is 34.9 Å². The van der Waals surface area contributed by atoms with E-state index >= 15 is 8.78 Å². The number of carbonyl (C=O) groups is 2. The molecule has 444 valence electrons. The van der Waals surface area contributed by atoms with Crippen molar-refractivity contribution < 1.29 is 54.9 Å². The minimum absolute atomic E-state index is 0.0233. The predicted octanol–water partition coefficient (Wildman–Crippen LogP) is 11.8. The Bertz CT molecular complexity index is 3370. The van der Waals surface area contributed by atoms with Gasteiger partial charge in [0.15, 0.2) is 12.2 Å². The van der Waals surface area contributed by atoms with Gasteiger partial charge in [-0.15, -0.1) is 0 Å². The van der Waals surface area contributed by atoms with Gasteiger partial charge >= 0.3 is 0 Å².